The van der Waals surface area contributed by atoms with Crippen molar-refractivity contribution in [3.05, 3.63) is 34.8 Å². The lowest BCUT2D eigenvalue weighted by Crippen LogP contribution is -2.02. The molecule has 0 amide bonds. The van der Waals surface area contributed by atoms with Gasteiger partial charge in [0, 0.05) is 5.69 Å². The van der Waals surface area contributed by atoms with Crippen molar-refractivity contribution in [1.82, 2.24) is 9.97 Å². The largest absolute Gasteiger partial charge is 0.490 e. The van der Waals surface area contributed by atoms with E-state index >= 15 is 0 Å². The maximum atomic E-state index is 13.4. The average molecular weight is 313 g/mol. The van der Waals surface area contributed by atoms with Crippen LogP contribution in [0, 0.1) is 5.82 Å². The molecule has 0 aliphatic carbocycles. The minimum absolute atomic E-state index is 0.215. The minimum atomic E-state index is -0.374. The van der Waals surface area contributed by atoms with Crippen molar-refractivity contribution in [3.63, 3.8) is 0 Å². The van der Waals surface area contributed by atoms with E-state index < -0.39 is 0 Å². The van der Waals surface area contributed by atoms with Crippen LogP contribution in [0.2, 0.25) is 0 Å². The van der Waals surface area contributed by atoms with E-state index in [1.807, 2.05) is 0 Å². The summed E-state index contributed by atoms with van der Waals surface area (Å²) in [5, 5.41) is 2.92. The summed E-state index contributed by atoms with van der Waals surface area (Å²) >= 11 is 3.08. The van der Waals surface area contributed by atoms with Crippen LogP contribution in [0.25, 0.3) is 0 Å². The Morgan fingerprint density at radius 2 is 2.17 bits per heavy atom. The fraction of sp³-hybridized carbons (Fsp3) is 0.0909. The van der Waals surface area contributed by atoms with Gasteiger partial charge in [0.2, 0.25) is 5.75 Å². The highest BCUT2D eigenvalue weighted by molar-refractivity contribution is 9.10. The molecule has 18 heavy (non-hydrogen) atoms. The maximum absolute atomic E-state index is 13.4. The number of nitrogen functional groups attached to an aromatic ring is 1. The van der Waals surface area contributed by atoms with E-state index in [9.17, 15) is 4.39 Å². The van der Waals surface area contributed by atoms with Crippen LogP contribution in [-0.2, 0) is 0 Å². The van der Waals surface area contributed by atoms with Crippen molar-refractivity contribution in [3.8, 4) is 5.75 Å². The van der Waals surface area contributed by atoms with Crippen molar-refractivity contribution in [1.29, 1.82) is 0 Å². The molecular weight excluding hydrogens is 303 g/mol. The average Bonchev–Trinajstić information content (AvgIpc) is 2.34. The molecule has 0 fully saturated rings. The molecule has 1 heterocycles. The lowest BCUT2D eigenvalue weighted by molar-refractivity contribution is 0.415. The zero-order chi connectivity index (χ0) is 13.1. The Labute approximate surface area is 111 Å². The third-order valence-electron chi connectivity index (χ3n) is 2.22. The number of methoxy groups -OCH3 is 1. The molecule has 2 rings (SSSR count). The Balaban J connectivity index is 2.34. The van der Waals surface area contributed by atoms with Crippen LogP contribution in [0.3, 0.4) is 0 Å². The number of aromatic nitrogens is 2. The minimum Gasteiger partial charge on any atom is -0.490 e. The number of hydrogen-bond donors (Lipinski definition) is 2. The van der Waals surface area contributed by atoms with Crippen LogP contribution >= 0.6 is 15.9 Å². The summed E-state index contributed by atoms with van der Waals surface area (Å²) in [7, 11) is 1.46. The standard InChI is InChI=1S/C11H10BrFN4O/c1-18-9-10(14)15-5-16-11(9)17-6-2-3-7(12)8(13)4-6/h2-5H,1H3,(H3,14,15,16,17). The van der Waals surface area contributed by atoms with Crippen LogP contribution in [0.5, 0.6) is 5.75 Å². The molecule has 0 aliphatic rings. The summed E-state index contributed by atoms with van der Waals surface area (Å²) in [5.74, 6) is 0.543. The van der Waals surface area contributed by atoms with Gasteiger partial charge in [0.05, 0.1) is 11.6 Å². The molecule has 0 saturated heterocycles. The zero-order valence-electron chi connectivity index (χ0n) is 9.45. The Morgan fingerprint density at radius 3 is 2.83 bits per heavy atom. The Hall–Kier alpha value is -1.89. The number of hydrogen-bond acceptors (Lipinski definition) is 5. The predicted molar refractivity (Wildman–Crippen MR) is 70.4 cm³/mol. The van der Waals surface area contributed by atoms with Gasteiger partial charge in [0.15, 0.2) is 11.6 Å². The zero-order valence-corrected chi connectivity index (χ0v) is 11.0. The molecular formula is C11H10BrFN4O. The number of anilines is 3. The molecule has 0 bridgehead atoms. The number of rotatable bonds is 3. The van der Waals surface area contributed by atoms with Crippen molar-refractivity contribution in [2.24, 2.45) is 0 Å². The molecule has 0 unspecified atom stereocenters. The number of nitrogens with zero attached hydrogens (tertiary/aromatic N) is 2. The molecule has 5 nitrogen and oxygen atoms in total. The van der Waals surface area contributed by atoms with Crippen molar-refractivity contribution < 1.29 is 9.13 Å². The topological polar surface area (TPSA) is 73.1 Å². The van der Waals surface area contributed by atoms with Gasteiger partial charge in [-0.05, 0) is 34.1 Å². The number of nitrogens with one attached hydrogen (secondary N) is 1. The van der Waals surface area contributed by atoms with E-state index in [0.717, 1.165) is 0 Å². The van der Waals surface area contributed by atoms with Gasteiger partial charge in [0.25, 0.3) is 0 Å². The van der Waals surface area contributed by atoms with Crippen molar-refractivity contribution in [2.75, 3.05) is 18.2 Å². The fourth-order valence-corrected chi connectivity index (χ4v) is 1.63. The van der Waals surface area contributed by atoms with E-state index in [-0.39, 0.29) is 11.6 Å². The molecule has 0 saturated carbocycles. The summed E-state index contributed by atoms with van der Waals surface area (Å²) in [4.78, 5) is 7.80. The van der Waals surface area contributed by atoms with Gasteiger partial charge in [-0.15, -0.1) is 0 Å². The van der Waals surface area contributed by atoms with Gasteiger partial charge in [-0.3, -0.25) is 0 Å². The summed E-state index contributed by atoms with van der Waals surface area (Å²) < 4.78 is 18.8. The van der Waals surface area contributed by atoms with Crippen molar-refractivity contribution >= 4 is 33.3 Å². The molecule has 2 aromatic rings. The maximum Gasteiger partial charge on any atom is 0.204 e. The first kappa shape index (κ1) is 12.6. The van der Waals surface area contributed by atoms with Gasteiger partial charge < -0.3 is 15.8 Å². The highest BCUT2D eigenvalue weighted by atomic mass is 79.9. The lowest BCUT2D eigenvalue weighted by atomic mass is 10.3. The van der Waals surface area contributed by atoms with Crippen LogP contribution in [-0.4, -0.2) is 17.1 Å². The lowest BCUT2D eigenvalue weighted by Gasteiger charge is -2.11. The molecule has 0 aliphatic heterocycles. The van der Waals surface area contributed by atoms with E-state index in [1.54, 1.807) is 12.1 Å². The molecule has 1 aromatic heterocycles. The first-order chi connectivity index (χ1) is 8.61. The molecule has 0 atom stereocenters. The number of benzene rings is 1. The summed E-state index contributed by atoms with van der Waals surface area (Å²) in [5.41, 5.74) is 6.18. The third kappa shape index (κ3) is 2.51. The smallest absolute Gasteiger partial charge is 0.204 e. The molecule has 0 spiro atoms. The highest BCUT2D eigenvalue weighted by Gasteiger charge is 2.10. The summed E-state index contributed by atoms with van der Waals surface area (Å²) in [6.07, 6.45) is 1.30. The van der Waals surface area contributed by atoms with Gasteiger partial charge in [-0.2, -0.15) is 0 Å². The quantitative estimate of drug-likeness (QED) is 0.911. The van der Waals surface area contributed by atoms with E-state index in [2.05, 4.69) is 31.2 Å². The van der Waals surface area contributed by atoms with E-state index in [0.29, 0.717) is 21.7 Å². The molecule has 7 heteroatoms. The third-order valence-corrected chi connectivity index (χ3v) is 2.86. The monoisotopic (exact) mass is 312 g/mol. The Bertz CT molecular complexity index is 579. The number of halogens is 2. The normalized spacial score (nSPS) is 10.2. The summed E-state index contributed by atoms with van der Waals surface area (Å²) in [6, 6.07) is 4.63. The molecule has 1 aromatic carbocycles. The molecule has 94 valence electrons. The molecule has 3 N–H and O–H groups in total. The van der Waals surface area contributed by atoms with Gasteiger partial charge in [0.1, 0.15) is 12.1 Å². The molecule has 0 radical (unpaired) electrons. The first-order valence-corrected chi connectivity index (χ1v) is 5.77. The first-order valence-electron chi connectivity index (χ1n) is 4.98. The van der Waals surface area contributed by atoms with Gasteiger partial charge in [-0.1, -0.05) is 0 Å². The van der Waals surface area contributed by atoms with Crippen LogP contribution in [0.1, 0.15) is 0 Å². The SMILES string of the molecule is COc1c(N)ncnc1Nc1ccc(Br)c(F)c1. The summed E-state index contributed by atoms with van der Waals surface area (Å²) in [6.45, 7) is 0. The fourth-order valence-electron chi connectivity index (χ4n) is 1.39. The highest BCUT2D eigenvalue weighted by Crippen LogP contribution is 2.30. The second-order valence-corrected chi connectivity index (χ2v) is 4.25. The number of ether oxygens (including phenoxy) is 1. The predicted octanol–water partition coefficient (Wildman–Crippen LogP) is 2.71. The van der Waals surface area contributed by atoms with Crippen molar-refractivity contribution in [2.45, 2.75) is 0 Å². The second-order valence-electron chi connectivity index (χ2n) is 3.39. The Morgan fingerprint density at radius 1 is 1.39 bits per heavy atom. The van der Waals surface area contributed by atoms with Crippen LogP contribution in [0.4, 0.5) is 21.7 Å². The van der Waals surface area contributed by atoms with Crippen LogP contribution in [0.15, 0.2) is 29.0 Å². The van der Waals surface area contributed by atoms with E-state index in [4.69, 9.17) is 10.5 Å². The number of nitrogens with two attached hydrogens (primary N) is 1. The van der Waals surface area contributed by atoms with E-state index in [1.165, 1.54) is 19.5 Å². The second kappa shape index (κ2) is 5.18. The van der Waals surface area contributed by atoms with Gasteiger partial charge in [-0.25, -0.2) is 14.4 Å². The Kier molecular flexibility index (Phi) is 3.61. The van der Waals surface area contributed by atoms with Crippen LogP contribution < -0.4 is 15.8 Å². The van der Waals surface area contributed by atoms with Gasteiger partial charge >= 0.3 is 0 Å².